The number of halogens is 1. The fraction of sp³-hybridized carbons (Fsp3) is 0.0769. The van der Waals surface area contributed by atoms with E-state index in [-0.39, 0.29) is 6.54 Å². The first-order chi connectivity index (χ1) is 10.4. The summed E-state index contributed by atoms with van der Waals surface area (Å²) in [6.45, 7) is 0.0664. The number of carbonyl (C=O) groups is 1. The molecular weight excluding hydrogens is 314 g/mol. The Labute approximate surface area is 126 Å². The summed E-state index contributed by atoms with van der Waals surface area (Å²) in [5.74, 6) is -1.34. The molecule has 0 aliphatic carbocycles. The van der Waals surface area contributed by atoms with Crippen LogP contribution < -0.4 is 22.1 Å². The summed E-state index contributed by atoms with van der Waals surface area (Å²) in [7, 11) is 0. The van der Waals surface area contributed by atoms with Crippen LogP contribution in [-0.2, 0) is 6.54 Å². The van der Waals surface area contributed by atoms with Gasteiger partial charge in [0.05, 0.1) is 12.1 Å². The number of benzene rings is 1. The number of nitrogens with one attached hydrogen (secondary N) is 2. The third kappa shape index (κ3) is 2.29. The van der Waals surface area contributed by atoms with Gasteiger partial charge in [0, 0.05) is 10.4 Å². The van der Waals surface area contributed by atoms with E-state index in [0.29, 0.717) is 21.5 Å². The van der Waals surface area contributed by atoms with Gasteiger partial charge in [-0.3, -0.25) is 14.4 Å². The zero-order chi connectivity index (χ0) is 16.0. The van der Waals surface area contributed by atoms with Crippen LogP contribution in [0.4, 0.5) is 0 Å². The van der Waals surface area contributed by atoms with E-state index in [1.807, 2.05) is 0 Å². The molecule has 0 aliphatic rings. The Morgan fingerprint density at radius 2 is 1.91 bits per heavy atom. The van der Waals surface area contributed by atoms with E-state index in [0.717, 1.165) is 4.68 Å². The Morgan fingerprint density at radius 1 is 1.23 bits per heavy atom. The maximum absolute atomic E-state index is 11.8. The number of pyridine rings is 1. The summed E-state index contributed by atoms with van der Waals surface area (Å²) >= 11 is 5.97. The summed E-state index contributed by atoms with van der Waals surface area (Å²) < 4.78 is 0.830. The minimum Gasteiger partial charge on any atom is -0.477 e. The second kappa shape index (κ2) is 4.85. The Balaban J connectivity index is 2.09. The van der Waals surface area contributed by atoms with Crippen LogP contribution in [0.3, 0.4) is 0 Å². The van der Waals surface area contributed by atoms with Crippen molar-refractivity contribution in [2.75, 3.05) is 5.43 Å². The topological polar surface area (TPSA) is 121 Å². The molecule has 3 rings (SSSR count). The molecule has 2 heterocycles. The zero-order valence-corrected chi connectivity index (χ0v) is 11.6. The first kappa shape index (κ1) is 14.1. The van der Waals surface area contributed by atoms with Gasteiger partial charge in [0.2, 0.25) is 0 Å². The average molecular weight is 322 g/mol. The summed E-state index contributed by atoms with van der Waals surface area (Å²) in [4.78, 5) is 47.0. The largest absolute Gasteiger partial charge is 0.477 e. The van der Waals surface area contributed by atoms with Crippen molar-refractivity contribution in [1.29, 1.82) is 0 Å². The van der Waals surface area contributed by atoms with Gasteiger partial charge in [-0.2, -0.15) is 4.68 Å². The van der Waals surface area contributed by atoms with Gasteiger partial charge in [-0.15, -0.1) is 0 Å². The molecule has 0 atom stereocenters. The van der Waals surface area contributed by atoms with E-state index in [9.17, 15) is 19.2 Å². The second-order valence-corrected chi connectivity index (χ2v) is 5.06. The maximum Gasteiger partial charge on any atom is 0.341 e. The first-order valence-corrected chi connectivity index (χ1v) is 6.47. The summed E-state index contributed by atoms with van der Waals surface area (Å²) in [6, 6.07) is 4.28. The third-order valence-electron chi connectivity index (χ3n) is 3.20. The van der Waals surface area contributed by atoms with Crippen molar-refractivity contribution in [3.63, 3.8) is 0 Å². The lowest BCUT2D eigenvalue weighted by atomic mass is 10.1. The van der Waals surface area contributed by atoms with Crippen molar-refractivity contribution >= 4 is 28.5 Å². The highest BCUT2D eigenvalue weighted by molar-refractivity contribution is 6.31. The molecule has 0 saturated carbocycles. The minimum absolute atomic E-state index is 0.0664. The van der Waals surface area contributed by atoms with Crippen molar-refractivity contribution in [2.45, 2.75) is 6.54 Å². The number of fused-ring (bicyclic) bond motifs is 1. The van der Waals surface area contributed by atoms with Crippen molar-refractivity contribution in [3.8, 4) is 0 Å². The second-order valence-electron chi connectivity index (χ2n) is 4.63. The fourth-order valence-corrected chi connectivity index (χ4v) is 2.34. The monoisotopic (exact) mass is 321 g/mol. The van der Waals surface area contributed by atoms with Crippen LogP contribution in [0.15, 0.2) is 32.6 Å². The molecule has 0 saturated heterocycles. The number of hydrogen-bond donors (Lipinski definition) is 3. The van der Waals surface area contributed by atoms with E-state index in [4.69, 9.17) is 16.7 Å². The van der Waals surface area contributed by atoms with Crippen LogP contribution >= 0.6 is 11.6 Å². The number of aromatic amines is 1. The van der Waals surface area contributed by atoms with Gasteiger partial charge < -0.3 is 15.5 Å². The number of aromatic nitrogens is 2. The molecule has 0 bridgehead atoms. The fourth-order valence-electron chi connectivity index (χ4n) is 2.10. The van der Waals surface area contributed by atoms with E-state index in [1.54, 1.807) is 6.07 Å². The van der Waals surface area contributed by atoms with Crippen molar-refractivity contribution < 1.29 is 9.90 Å². The standard InChI is InChI=1S/C13H8ClN3O5/c14-7-1-5-3-8(13(21)22)10(18)16-9(5)6(2-7)4-15-17-11(19)12(17)20/h1-3,15H,4H2,(H,16,18)(H,21,22). The number of rotatable bonds is 4. The number of nitrogens with zero attached hydrogens (tertiary/aromatic N) is 1. The Bertz CT molecular complexity index is 1020. The highest BCUT2D eigenvalue weighted by Crippen LogP contribution is 2.22. The normalized spacial score (nSPS) is 11.1. The van der Waals surface area contributed by atoms with Gasteiger partial charge >= 0.3 is 17.1 Å². The van der Waals surface area contributed by atoms with Crippen molar-refractivity contribution in [2.24, 2.45) is 0 Å². The van der Waals surface area contributed by atoms with Crippen LogP contribution in [-0.4, -0.2) is 20.7 Å². The third-order valence-corrected chi connectivity index (χ3v) is 3.41. The number of carboxylic acids is 1. The smallest absolute Gasteiger partial charge is 0.341 e. The predicted octanol–water partition coefficient (Wildman–Crippen LogP) is 0.0209. The molecule has 8 nitrogen and oxygen atoms in total. The highest BCUT2D eigenvalue weighted by Gasteiger charge is 2.17. The summed E-state index contributed by atoms with van der Waals surface area (Å²) in [5.41, 5.74) is 1.05. The van der Waals surface area contributed by atoms with Crippen LogP contribution in [0.5, 0.6) is 0 Å². The zero-order valence-electron chi connectivity index (χ0n) is 10.8. The molecule has 2 aromatic heterocycles. The van der Waals surface area contributed by atoms with Crippen LogP contribution in [0.2, 0.25) is 5.02 Å². The maximum atomic E-state index is 11.8. The quantitative estimate of drug-likeness (QED) is 0.582. The van der Waals surface area contributed by atoms with Crippen LogP contribution in [0, 0.1) is 0 Å². The van der Waals surface area contributed by atoms with Crippen molar-refractivity contribution in [3.05, 3.63) is 65.4 Å². The Kier molecular flexibility index (Phi) is 3.10. The predicted molar refractivity (Wildman–Crippen MR) is 78.9 cm³/mol. The summed E-state index contributed by atoms with van der Waals surface area (Å²) in [5, 5.41) is 9.72. The van der Waals surface area contributed by atoms with Crippen LogP contribution in [0.25, 0.3) is 10.9 Å². The summed E-state index contributed by atoms with van der Waals surface area (Å²) in [6.07, 6.45) is 0. The number of H-pyrrole nitrogens is 1. The molecule has 0 radical (unpaired) electrons. The van der Waals surface area contributed by atoms with Crippen LogP contribution in [0.1, 0.15) is 15.9 Å². The molecule has 3 aromatic rings. The average Bonchev–Trinajstić information content (AvgIpc) is 3.02. The van der Waals surface area contributed by atoms with Gasteiger partial charge in [0.25, 0.3) is 5.56 Å². The number of aromatic carboxylic acids is 1. The molecular formula is C13H8ClN3O5. The van der Waals surface area contributed by atoms with Gasteiger partial charge in [-0.1, -0.05) is 11.6 Å². The lowest BCUT2D eigenvalue weighted by Crippen LogP contribution is -2.19. The lowest BCUT2D eigenvalue weighted by Gasteiger charge is -2.08. The molecule has 112 valence electrons. The van der Waals surface area contributed by atoms with E-state index in [2.05, 4.69) is 10.4 Å². The number of carboxylic acid groups (broad SMARTS) is 1. The lowest BCUT2D eigenvalue weighted by molar-refractivity contribution is 0.0695. The van der Waals surface area contributed by atoms with Gasteiger partial charge in [0.1, 0.15) is 5.56 Å². The van der Waals surface area contributed by atoms with E-state index < -0.39 is 28.2 Å². The molecule has 0 amide bonds. The molecule has 3 N–H and O–H groups in total. The molecule has 0 unspecified atom stereocenters. The Morgan fingerprint density at radius 3 is 2.50 bits per heavy atom. The SMILES string of the molecule is O=C(O)c1cc2cc(Cl)cc(CNn3c(=O)c3=O)c2[nH]c1=O. The Hall–Kier alpha value is -2.87. The molecule has 0 fully saturated rings. The van der Waals surface area contributed by atoms with E-state index in [1.165, 1.54) is 12.1 Å². The van der Waals surface area contributed by atoms with Gasteiger partial charge in [-0.25, -0.2) is 4.79 Å². The molecule has 1 aromatic carbocycles. The first-order valence-electron chi connectivity index (χ1n) is 6.09. The molecule has 9 heteroatoms. The van der Waals surface area contributed by atoms with E-state index >= 15 is 0 Å². The highest BCUT2D eigenvalue weighted by atomic mass is 35.5. The minimum atomic E-state index is -1.34. The molecule has 0 spiro atoms. The number of hydrogen-bond acceptors (Lipinski definition) is 5. The van der Waals surface area contributed by atoms with Gasteiger partial charge in [-0.05, 0) is 23.8 Å². The van der Waals surface area contributed by atoms with Gasteiger partial charge in [0.15, 0.2) is 0 Å². The molecule has 22 heavy (non-hydrogen) atoms. The molecule has 0 aliphatic heterocycles. The van der Waals surface area contributed by atoms with Crippen molar-refractivity contribution in [1.82, 2.24) is 9.66 Å².